The molecule has 1 rings (SSSR count). The molecule has 0 aliphatic rings. The lowest BCUT2D eigenvalue weighted by atomic mass is 10.2. The van der Waals surface area contributed by atoms with Gasteiger partial charge in [-0.3, -0.25) is 4.79 Å². The zero-order chi connectivity index (χ0) is 13.0. The molecule has 94 valence electrons. The molecule has 0 spiro atoms. The van der Waals surface area contributed by atoms with Gasteiger partial charge in [-0.1, -0.05) is 6.92 Å². The standard InChI is InChI=1S/C11H16N2O3S/c1-4-7(12)10-13-8(11(15)16-5-2)9(17-10)6(3)14/h7H,4-5,12H2,1-3H3. The Balaban J connectivity index is 3.14. The van der Waals surface area contributed by atoms with E-state index in [1.165, 1.54) is 18.3 Å². The fourth-order valence-electron chi connectivity index (χ4n) is 1.25. The molecule has 2 N–H and O–H groups in total. The van der Waals surface area contributed by atoms with E-state index in [9.17, 15) is 9.59 Å². The Hall–Kier alpha value is -1.27. The van der Waals surface area contributed by atoms with Crippen molar-refractivity contribution in [3.8, 4) is 0 Å². The van der Waals surface area contributed by atoms with Crippen LogP contribution in [0, 0.1) is 0 Å². The van der Waals surface area contributed by atoms with Crippen LogP contribution >= 0.6 is 11.3 Å². The number of hydrogen-bond acceptors (Lipinski definition) is 6. The van der Waals surface area contributed by atoms with Crippen LogP contribution in [-0.2, 0) is 4.74 Å². The molecule has 0 fully saturated rings. The summed E-state index contributed by atoms with van der Waals surface area (Å²) in [6.07, 6.45) is 0.702. The van der Waals surface area contributed by atoms with Gasteiger partial charge in [-0.25, -0.2) is 9.78 Å². The smallest absolute Gasteiger partial charge is 0.358 e. The summed E-state index contributed by atoms with van der Waals surface area (Å²) >= 11 is 1.17. The molecule has 1 unspecified atom stereocenters. The summed E-state index contributed by atoms with van der Waals surface area (Å²) < 4.78 is 4.86. The van der Waals surface area contributed by atoms with Crippen molar-refractivity contribution in [1.82, 2.24) is 4.98 Å². The molecule has 0 saturated carbocycles. The molecule has 0 aliphatic heterocycles. The first-order valence-electron chi connectivity index (χ1n) is 5.45. The number of ether oxygens (including phenoxy) is 1. The first-order chi connectivity index (χ1) is 8.01. The molecule has 0 aliphatic carbocycles. The Kier molecular flexibility index (Phi) is 4.77. The van der Waals surface area contributed by atoms with E-state index in [0.29, 0.717) is 16.3 Å². The van der Waals surface area contributed by atoms with Crippen LogP contribution in [0.1, 0.15) is 58.4 Å². The number of aromatic nitrogens is 1. The second-order valence-electron chi connectivity index (χ2n) is 3.52. The summed E-state index contributed by atoms with van der Waals surface area (Å²) in [5.41, 5.74) is 5.92. The first kappa shape index (κ1) is 13.8. The maximum Gasteiger partial charge on any atom is 0.358 e. The minimum atomic E-state index is -0.566. The van der Waals surface area contributed by atoms with Crippen LogP contribution < -0.4 is 5.73 Å². The van der Waals surface area contributed by atoms with E-state index in [2.05, 4.69) is 4.98 Å². The van der Waals surface area contributed by atoms with Gasteiger partial charge in [0, 0.05) is 6.92 Å². The van der Waals surface area contributed by atoms with Crippen molar-refractivity contribution in [2.45, 2.75) is 33.2 Å². The fraction of sp³-hybridized carbons (Fsp3) is 0.545. The second-order valence-corrected chi connectivity index (χ2v) is 4.55. The normalized spacial score (nSPS) is 12.2. The number of nitrogens with zero attached hydrogens (tertiary/aromatic N) is 1. The van der Waals surface area contributed by atoms with Gasteiger partial charge in [0.2, 0.25) is 0 Å². The Labute approximate surface area is 104 Å². The molecular formula is C11H16N2O3S. The number of hydrogen-bond donors (Lipinski definition) is 1. The highest BCUT2D eigenvalue weighted by molar-refractivity contribution is 7.14. The summed E-state index contributed by atoms with van der Waals surface area (Å²) in [6.45, 7) is 5.28. The Morgan fingerprint density at radius 1 is 1.47 bits per heavy atom. The van der Waals surface area contributed by atoms with Crippen molar-refractivity contribution in [3.63, 3.8) is 0 Å². The highest BCUT2D eigenvalue weighted by atomic mass is 32.1. The van der Waals surface area contributed by atoms with Crippen LogP contribution in [0.5, 0.6) is 0 Å². The average Bonchev–Trinajstić information content (AvgIpc) is 2.73. The molecule has 0 aromatic carbocycles. The summed E-state index contributed by atoms with van der Waals surface area (Å²) in [4.78, 5) is 27.5. The van der Waals surface area contributed by atoms with Gasteiger partial charge < -0.3 is 10.5 Å². The number of esters is 1. The SMILES string of the molecule is CCOC(=O)c1nc(C(N)CC)sc1C(C)=O. The van der Waals surface area contributed by atoms with E-state index in [4.69, 9.17) is 10.5 Å². The van der Waals surface area contributed by atoms with E-state index in [1.807, 2.05) is 6.92 Å². The van der Waals surface area contributed by atoms with E-state index < -0.39 is 5.97 Å². The van der Waals surface area contributed by atoms with E-state index in [0.717, 1.165) is 0 Å². The minimum Gasteiger partial charge on any atom is -0.461 e. The molecule has 1 heterocycles. The number of carbonyl (C=O) groups is 2. The van der Waals surface area contributed by atoms with Gasteiger partial charge in [0.15, 0.2) is 11.5 Å². The maximum atomic E-state index is 11.6. The topological polar surface area (TPSA) is 82.3 Å². The molecule has 0 radical (unpaired) electrons. The molecule has 1 aromatic heterocycles. The van der Waals surface area contributed by atoms with Crippen molar-refractivity contribution in [2.75, 3.05) is 6.61 Å². The van der Waals surface area contributed by atoms with Gasteiger partial charge >= 0.3 is 5.97 Å². The summed E-state index contributed by atoms with van der Waals surface area (Å²) in [6, 6.07) is -0.249. The Morgan fingerprint density at radius 3 is 2.59 bits per heavy atom. The second kappa shape index (κ2) is 5.88. The number of rotatable bonds is 5. The minimum absolute atomic E-state index is 0.0863. The number of carbonyl (C=O) groups excluding carboxylic acids is 2. The number of Topliss-reactive ketones (excluding diaryl/α,β-unsaturated/α-hetero) is 1. The third-order valence-electron chi connectivity index (χ3n) is 2.19. The van der Waals surface area contributed by atoms with Gasteiger partial charge in [-0.05, 0) is 13.3 Å². The number of ketones is 1. The van der Waals surface area contributed by atoms with Crippen molar-refractivity contribution < 1.29 is 14.3 Å². The van der Waals surface area contributed by atoms with Crippen LogP contribution in [0.3, 0.4) is 0 Å². The quantitative estimate of drug-likeness (QED) is 0.643. The van der Waals surface area contributed by atoms with Gasteiger partial charge in [-0.15, -0.1) is 11.3 Å². The molecule has 6 heteroatoms. The van der Waals surface area contributed by atoms with Crippen molar-refractivity contribution in [2.24, 2.45) is 5.73 Å². The van der Waals surface area contributed by atoms with Crippen molar-refractivity contribution >= 4 is 23.1 Å². The monoisotopic (exact) mass is 256 g/mol. The largest absolute Gasteiger partial charge is 0.461 e. The highest BCUT2D eigenvalue weighted by Gasteiger charge is 2.23. The van der Waals surface area contributed by atoms with Crippen molar-refractivity contribution in [1.29, 1.82) is 0 Å². The van der Waals surface area contributed by atoms with Crippen molar-refractivity contribution in [3.05, 3.63) is 15.6 Å². The number of thiazole rings is 1. The molecule has 0 amide bonds. The zero-order valence-corrected chi connectivity index (χ0v) is 11.0. The van der Waals surface area contributed by atoms with E-state index >= 15 is 0 Å². The van der Waals surface area contributed by atoms with Gasteiger partial charge in [0.1, 0.15) is 9.88 Å². The van der Waals surface area contributed by atoms with Gasteiger partial charge in [-0.2, -0.15) is 0 Å². The fourth-order valence-corrected chi connectivity index (χ4v) is 2.28. The zero-order valence-electron chi connectivity index (χ0n) is 10.1. The van der Waals surface area contributed by atoms with Crippen LogP contribution in [-0.4, -0.2) is 23.3 Å². The molecule has 1 aromatic rings. The third-order valence-corrected chi connectivity index (χ3v) is 3.48. The van der Waals surface area contributed by atoms with Crippen LogP contribution in [0.25, 0.3) is 0 Å². The van der Waals surface area contributed by atoms with E-state index in [1.54, 1.807) is 6.92 Å². The highest BCUT2D eigenvalue weighted by Crippen LogP contribution is 2.25. The van der Waals surface area contributed by atoms with Crippen LogP contribution in [0.15, 0.2) is 0 Å². The molecule has 17 heavy (non-hydrogen) atoms. The summed E-state index contributed by atoms with van der Waals surface area (Å²) in [5, 5.41) is 0.598. The van der Waals surface area contributed by atoms with E-state index in [-0.39, 0.29) is 24.1 Å². The maximum absolute atomic E-state index is 11.6. The molecular weight excluding hydrogens is 240 g/mol. The summed E-state index contributed by atoms with van der Waals surface area (Å²) in [5.74, 6) is -0.761. The van der Waals surface area contributed by atoms with Gasteiger partial charge in [0.25, 0.3) is 0 Å². The predicted octanol–water partition coefficient (Wildman–Crippen LogP) is 1.93. The number of nitrogens with two attached hydrogens (primary N) is 1. The van der Waals surface area contributed by atoms with Crippen LogP contribution in [0.4, 0.5) is 0 Å². The average molecular weight is 256 g/mol. The lowest BCUT2D eigenvalue weighted by Crippen LogP contribution is -2.11. The molecule has 0 bridgehead atoms. The van der Waals surface area contributed by atoms with Crippen LogP contribution in [0.2, 0.25) is 0 Å². The molecule has 5 nitrogen and oxygen atoms in total. The summed E-state index contributed by atoms with van der Waals surface area (Å²) in [7, 11) is 0. The lowest BCUT2D eigenvalue weighted by Gasteiger charge is -2.02. The predicted molar refractivity (Wildman–Crippen MR) is 65.3 cm³/mol. The Bertz CT molecular complexity index is 428. The third kappa shape index (κ3) is 3.10. The lowest BCUT2D eigenvalue weighted by molar-refractivity contribution is 0.0517. The molecule has 1 atom stereocenters. The van der Waals surface area contributed by atoms with Gasteiger partial charge in [0.05, 0.1) is 12.6 Å². The molecule has 0 saturated heterocycles. The first-order valence-corrected chi connectivity index (χ1v) is 6.27. The Morgan fingerprint density at radius 2 is 2.12 bits per heavy atom.